The minimum atomic E-state index is 0.402. The molecule has 2 heteroatoms. The molecular formula is C13H17NO. The number of hydrogen-bond acceptors (Lipinski definition) is 2. The van der Waals surface area contributed by atoms with Gasteiger partial charge in [0.15, 0.2) is 0 Å². The molecule has 3 rings (SSSR count). The molecule has 0 saturated carbocycles. The first-order chi connectivity index (χ1) is 7.25. The molecule has 0 amide bonds. The lowest BCUT2D eigenvalue weighted by atomic mass is 9.86. The summed E-state index contributed by atoms with van der Waals surface area (Å²) in [6.45, 7) is 7.25. The van der Waals surface area contributed by atoms with E-state index in [1.807, 2.05) is 0 Å². The van der Waals surface area contributed by atoms with Gasteiger partial charge >= 0.3 is 0 Å². The molecule has 1 aromatic carbocycles. The summed E-state index contributed by atoms with van der Waals surface area (Å²) in [4.78, 5) is 0. The Bertz CT molecular complexity index is 400. The summed E-state index contributed by atoms with van der Waals surface area (Å²) in [6.07, 6.45) is 0.402. The third-order valence-corrected chi connectivity index (χ3v) is 3.65. The van der Waals surface area contributed by atoms with E-state index >= 15 is 0 Å². The highest BCUT2D eigenvalue weighted by atomic mass is 16.5. The van der Waals surface area contributed by atoms with E-state index in [0.29, 0.717) is 12.0 Å². The predicted molar refractivity (Wildman–Crippen MR) is 60.1 cm³/mol. The van der Waals surface area contributed by atoms with Crippen LogP contribution >= 0.6 is 0 Å². The first kappa shape index (κ1) is 9.37. The minimum Gasteiger partial charge on any atom is -0.372 e. The van der Waals surface area contributed by atoms with Crippen LogP contribution in [0.1, 0.15) is 28.2 Å². The number of benzene rings is 1. The minimum absolute atomic E-state index is 0.402. The van der Waals surface area contributed by atoms with Crippen molar-refractivity contribution >= 4 is 0 Å². The van der Waals surface area contributed by atoms with E-state index in [1.165, 1.54) is 22.3 Å². The van der Waals surface area contributed by atoms with Crippen LogP contribution in [0.25, 0.3) is 0 Å². The molecule has 2 aliphatic heterocycles. The topological polar surface area (TPSA) is 21.3 Å². The molecule has 1 aromatic rings. The summed E-state index contributed by atoms with van der Waals surface area (Å²) in [5.41, 5.74) is 5.70. The van der Waals surface area contributed by atoms with Gasteiger partial charge in [0.05, 0.1) is 12.7 Å². The van der Waals surface area contributed by atoms with Gasteiger partial charge in [-0.05, 0) is 30.5 Å². The highest BCUT2D eigenvalue weighted by Crippen LogP contribution is 2.35. The third kappa shape index (κ3) is 1.40. The fourth-order valence-electron chi connectivity index (χ4n) is 2.89. The Kier molecular flexibility index (Phi) is 2.08. The van der Waals surface area contributed by atoms with Gasteiger partial charge in [-0.25, -0.2) is 0 Å². The first-order valence-corrected chi connectivity index (χ1v) is 5.68. The van der Waals surface area contributed by atoms with Crippen molar-refractivity contribution in [2.75, 3.05) is 13.1 Å². The van der Waals surface area contributed by atoms with Crippen LogP contribution < -0.4 is 5.32 Å². The third-order valence-electron chi connectivity index (χ3n) is 3.65. The monoisotopic (exact) mass is 203 g/mol. The average molecular weight is 203 g/mol. The smallest absolute Gasteiger partial charge is 0.0784 e. The maximum Gasteiger partial charge on any atom is 0.0784 e. The Morgan fingerprint density at radius 3 is 3.00 bits per heavy atom. The SMILES string of the molecule is Cc1cc(C)c2c(c1)[C@H]1CNC[C@H]1OC2. The second-order valence-electron chi connectivity index (χ2n) is 4.76. The van der Waals surface area contributed by atoms with Crippen molar-refractivity contribution < 1.29 is 4.74 Å². The first-order valence-electron chi connectivity index (χ1n) is 5.68. The maximum absolute atomic E-state index is 5.89. The summed E-state index contributed by atoms with van der Waals surface area (Å²) >= 11 is 0. The van der Waals surface area contributed by atoms with Gasteiger partial charge < -0.3 is 10.1 Å². The Morgan fingerprint density at radius 1 is 1.27 bits per heavy atom. The maximum atomic E-state index is 5.89. The molecule has 80 valence electrons. The molecule has 0 unspecified atom stereocenters. The zero-order valence-electron chi connectivity index (χ0n) is 9.34. The second kappa shape index (κ2) is 3.32. The van der Waals surface area contributed by atoms with Crippen molar-refractivity contribution in [1.29, 1.82) is 0 Å². The molecule has 0 bridgehead atoms. The average Bonchev–Trinajstić information content (AvgIpc) is 2.65. The van der Waals surface area contributed by atoms with E-state index in [1.54, 1.807) is 0 Å². The number of rotatable bonds is 0. The van der Waals surface area contributed by atoms with Crippen LogP contribution in [0.4, 0.5) is 0 Å². The summed E-state index contributed by atoms with van der Waals surface area (Å²) in [5, 5.41) is 3.42. The largest absolute Gasteiger partial charge is 0.372 e. The normalized spacial score (nSPS) is 28.7. The van der Waals surface area contributed by atoms with Crippen LogP contribution in [0.3, 0.4) is 0 Å². The molecule has 1 N–H and O–H groups in total. The lowest BCUT2D eigenvalue weighted by Gasteiger charge is -2.29. The van der Waals surface area contributed by atoms with E-state index in [0.717, 1.165) is 19.7 Å². The number of hydrogen-bond donors (Lipinski definition) is 1. The van der Waals surface area contributed by atoms with Crippen LogP contribution in [-0.4, -0.2) is 19.2 Å². The lowest BCUT2D eigenvalue weighted by molar-refractivity contribution is 0.0295. The fourth-order valence-corrected chi connectivity index (χ4v) is 2.89. The van der Waals surface area contributed by atoms with Crippen LogP contribution in [0.2, 0.25) is 0 Å². The number of aryl methyl sites for hydroxylation is 2. The van der Waals surface area contributed by atoms with Gasteiger partial charge in [-0.15, -0.1) is 0 Å². The summed E-state index contributed by atoms with van der Waals surface area (Å²) in [7, 11) is 0. The molecule has 1 fully saturated rings. The standard InChI is InChI=1S/C13H17NO/c1-8-3-9(2)12-7-15-13-6-14-5-11(13)10(12)4-8/h3-4,11,13-14H,5-7H2,1-2H3/t11-,13-/m1/s1. The summed E-state index contributed by atoms with van der Waals surface area (Å²) in [6, 6.07) is 4.60. The van der Waals surface area contributed by atoms with E-state index in [-0.39, 0.29) is 0 Å². The number of ether oxygens (including phenoxy) is 1. The predicted octanol–water partition coefficient (Wildman–Crippen LogP) is 1.89. The van der Waals surface area contributed by atoms with Gasteiger partial charge in [0.2, 0.25) is 0 Å². The van der Waals surface area contributed by atoms with Crippen molar-refractivity contribution in [3.8, 4) is 0 Å². The Balaban J connectivity index is 2.12. The van der Waals surface area contributed by atoms with Crippen LogP contribution in [0.5, 0.6) is 0 Å². The fraction of sp³-hybridized carbons (Fsp3) is 0.538. The van der Waals surface area contributed by atoms with Crippen LogP contribution in [0.15, 0.2) is 12.1 Å². The highest BCUT2D eigenvalue weighted by Gasteiger charge is 2.34. The molecule has 15 heavy (non-hydrogen) atoms. The Hall–Kier alpha value is -0.860. The number of fused-ring (bicyclic) bond motifs is 3. The van der Waals surface area contributed by atoms with Gasteiger partial charge in [-0.1, -0.05) is 17.7 Å². The Labute approximate surface area is 90.6 Å². The Morgan fingerprint density at radius 2 is 2.13 bits per heavy atom. The van der Waals surface area contributed by atoms with Crippen LogP contribution in [-0.2, 0) is 11.3 Å². The van der Waals surface area contributed by atoms with Crippen molar-refractivity contribution in [2.24, 2.45) is 0 Å². The van der Waals surface area contributed by atoms with E-state index in [4.69, 9.17) is 4.74 Å². The van der Waals surface area contributed by atoms with Crippen LogP contribution in [0, 0.1) is 13.8 Å². The zero-order valence-corrected chi connectivity index (χ0v) is 9.34. The van der Waals surface area contributed by atoms with Gasteiger partial charge in [-0.3, -0.25) is 0 Å². The molecule has 0 spiro atoms. The molecule has 2 heterocycles. The molecule has 2 aliphatic rings. The molecule has 1 saturated heterocycles. The molecule has 0 aromatic heterocycles. The lowest BCUT2D eigenvalue weighted by Crippen LogP contribution is -2.27. The molecule has 2 atom stereocenters. The highest BCUT2D eigenvalue weighted by molar-refractivity contribution is 5.42. The van der Waals surface area contributed by atoms with Crippen molar-refractivity contribution in [1.82, 2.24) is 5.32 Å². The van der Waals surface area contributed by atoms with E-state index < -0.39 is 0 Å². The molecule has 0 aliphatic carbocycles. The second-order valence-corrected chi connectivity index (χ2v) is 4.76. The van der Waals surface area contributed by atoms with Gasteiger partial charge in [-0.2, -0.15) is 0 Å². The zero-order chi connectivity index (χ0) is 10.4. The quantitative estimate of drug-likeness (QED) is 0.695. The van der Waals surface area contributed by atoms with Gasteiger partial charge in [0.25, 0.3) is 0 Å². The summed E-state index contributed by atoms with van der Waals surface area (Å²) in [5.74, 6) is 0.576. The summed E-state index contributed by atoms with van der Waals surface area (Å²) < 4.78 is 5.89. The van der Waals surface area contributed by atoms with E-state index in [9.17, 15) is 0 Å². The molecular weight excluding hydrogens is 186 g/mol. The number of nitrogens with one attached hydrogen (secondary N) is 1. The van der Waals surface area contributed by atoms with Gasteiger partial charge in [0, 0.05) is 19.0 Å². The van der Waals surface area contributed by atoms with Gasteiger partial charge in [0.1, 0.15) is 0 Å². The van der Waals surface area contributed by atoms with Crippen molar-refractivity contribution in [3.05, 3.63) is 34.4 Å². The van der Waals surface area contributed by atoms with Crippen molar-refractivity contribution in [3.63, 3.8) is 0 Å². The molecule has 2 nitrogen and oxygen atoms in total. The molecule has 0 radical (unpaired) electrons. The van der Waals surface area contributed by atoms with E-state index in [2.05, 4.69) is 31.3 Å². The van der Waals surface area contributed by atoms with Crippen molar-refractivity contribution in [2.45, 2.75) is 32.5 Å².